The van der Waals surface area contributed by atoms with Gasteiger partial charge < -0.3 is 9.80 Å². The van der Waals surface area contributed by atoms with Gasteiger partial charge in [0.1, 0.15) is 5.51 Å². The van der Waals surface area contributed by atoms with Crippen LogP contribution in [0.15, 0.2) is 5.51 Å². The molecule has 1 aromatic rings. The van der Waals surface area contributed by atoms with Crippen LogP contribution in [-0.2, 0) is 0 Å². The molecule has 2 fully saturated rings. The predicted molar refractivity (Wildman–Crippen MR) is 56.6 cm³/mol. The van der Waals surface area contributed by atoms with Crippen molar-refractivity contribution in [3.05, 3.63) is 5.51 Å². The molecule has 0 aromatic carbocycles. The minimum atomic E-state index is 0.851. The van der Waals surface area contributed by atoms with Crippen molar-refractivity contribution >= 4 is 16.5 Å². The summed E-state index contributed by atoms with van der Waals surface area (Å²) in [6.07, 6.45) is 0. The number of nitrogens with zero attached hydrogens (tertiary/aromatic N) is 4. The molecule has 0 radical (unpaired) electrons. The summed E-state index contributed by atoms with van der Waals surface area (Å²) in [5, 5.41) is 9.12. The Kier molecular flexibility index (Phi) is 1.95. The van der Waals surface area contributed by atoms with E-state index in [0.717, 1.165) is 17.0 Å². The maximum atomic E-state index is 4.13. The van der Waals surface area contributed by atoms with Crippen molar-refractivity contribution < 1.29 is 0 Å². The maximum Gasteiger partial charge on any atom is 0.208 e. The van der Waals surface area contributed by atoms with Crippen molar-refractivity contribution in [3.63, 3.8) is 0 Å². The summed E-state index contributed by atoms with van der Waals surface area (Å²) in [6, 6.07) is 0. The molecular formula is C9H14N4S. The van der Waals surface area contributed by atoms with Crippen molar-refractivity contribution in [2.75, 3.05) is 38.1 Å². The molecule has 2 aliphatic rings. The van der Waals surface area contributed by atoms with Crippen LogP contribution in [0.4, 0.5) is 5.13 Å². The smallest absolute Gasteiger partial charge is 0.208 e. The predicted octanol–water partition coefficient (Wildman–Crippen LogP) is 0.536. The van der Waals surface area contributed by atoms with E-state index in [1.54, 1.807) is 11.3 Å². The third kappa shape index (κ3) is 1.31. The Morgan fingerprint density at radius 1 is 1.29 bits per heavy atom. The van der Waals surface area contributed by atoms with Gasteiger partial charge in [-0.1, -0.05) is 11.3 Å². The molecule has 3 rings (SSSR count). The molecule has 2 saturated heterocycles. The van der Waals surface area contributed by atoms with Gasteiger partial charge in [-0.25, -0.2) is 0 Å². The molecule has 0 bridgehead atoms. The Morgan fingerprint density at radius 2 is 2.00 bits per heavy atom. The first-order chi connectivity index (χ1) is 6.83. The SMILES string of the molecule is CN1CC2CN(c3nncs3)CC2C1. The van der Waals surface area contributed by atoms with E-state index in [2.05, 4.69) is 27.0 Å². The summed E-state index contributed by atoms with van der Waals surface area (Å²) in [7, 11) is 2.22. The minimum absolute atomic E-state index is 0.851. The lowest BCUT2D eigenvalue weighted by molar-refractivity contribution is 0.387. The molecule has 3 heterocycles. The fraction of sp³-hybridized carbons (Fsp3) is 0.778. The highest BCUT2D eigenvalue weighted by Gasteiger charge is 2.39. The van der Waals surface area contributed by atoms with Crippen molar-refractivity contribution in [2.24, 2.45) is 11.8 Å². The van der Waals surface area contributed by atoms with Gasteiger partial charge in [0.05, 0.1) is 0 Å². The van der Waals surface area contributed by atoms with Gasteiger partial charge in [-0.05, 0) is 18.9 Å². The molecule has 14 heavy (non-hydrogen) atoms. The van der Waals surface area contributed by atoms with E-state index < -0.39 is 0 Å². The van der Waals surface area contributed by atoms with E-state index in [-0.39, 0.29) is 0 Å². The second-order valence-electron chi connectivity index (χ2n) is 4.37. The van der Waals surface area contributed by atoms with Crippen molar-refractivity contribution in [3.8, 4) is 0 Å². The van der Waals surface area contributed by atoms with Crippen LogP contribution in [-0.4, -0.2) is 48.3 Å². The molecule has 1 aromatic heterocycles. The zero-order chi connectivity index (χ0) is 9.54. The fourth-order valence-corrected chi connectivity index (χ4v) is 3.27. The van der Waals surface area contributed by atoms with Gasteiger partial charge in [0, 0.05) is 26.2 Å². The molecule has 2 aliphatic heterocycles. The molecule has 0 N–H and O–H groups in total. The first kappa shape index (κ1) is 8.61. The second kappa shape index (κ2) is 3.17. The van der Waals surface area contributed by atoms with E-state index >= 15 is 0 Å². The Bertz CT molecular complexity index is 299. The van der Waals surface area contributed by atoms with Gasteiger partial charge in [-0.3, -0.25) is 0 Å². The van der Waals surface area contributed by atoms with Crippen LogP contribution in [0, 0.1) is 11.8 Å². The van der Waals surface area contributed by atoms with Crippen LogP contribution >= 0.6 is 11.3 Å². The van der Waals surface area contributed by atoms with E-state index in [0.29, 0.717) is 0 Å². The van der Waals surface area contributed by atoms with Crippen LogP contribution in [0.3, 0.4) is 0 Å². The second-order valence-corrected chi connectivity index (χ2v) is 5.18. The average molecular weight is 210 g/mol. The normalized spacial score (nSPS) is 32.5. The molecule has 4 nitrogen and oxygen atoms in total. The number of anilines is 1. The Morgan fingerprint density at radius 3 is 2.57 bits per heavy atom. The van der Waals surface area contributed by atoms with Crippen LogP contribution in [0.2, 0.25) is 0 Å². The lowest BCUT2D eigenvalue weighted by Crippen LogP contribution is -2.26. The number of hydrogen-bond donors (Lipinski definition) is 0. The summed E-state index contributed by atoms with van der Waals surface area (Å²) in [5.41, 5.74) is 1.82. The lowest BCUT2D eigenvalue weighted by Gasteiger charge is -2.17. The van der Waals surface area contributed by atoms with Crippen molar-refractivity contribution in [1.82, 2.24) is 15.1 Å². The van der Waals surface area contributed by atoms with Crippen molar-refractivity contribution in [1.29, 1.82) is 0 Å². The van der Waals surface area contributed by atoms with Gasteiger partial charge >= 0.3 is 0 Å². The maximum absolute atomic E-state index is 4.13. The molecule has 0 spiro atoms. The largest absolute Gasteiger partial charge is 0.346 e. The summed E-state index contributed by atoms with van der Waals surface area (Å²) < 4.78 is 0. The quantitative estimate of drug-likeness (QED) is 0.677. The summed E-state index contributed by atoms with van der Waals surface area (Å²) in [5.74, 6) is 1.70. The Labute approximate surface area is 87.5 Å². The van der Waals surface area contributed by atoms with E-state index in [4.69, 9.17) is 0 Å². The third-order valence-electron chi connectivity index (χ3n) is 3.29. The van der Waals surface area contributed by atoms with Gasteiger partial charge in [-0.2, -0.15) is 0 Å². The zero-order valence-electron chi connectivity index (χ0n) is 8.26. The molecule has 5 heteroatoms. The first-order valence-electron chi connectivity index (χ1n) is 5.02. The highest BCUT2D eigenvalue weighted by atomic mass is 32.1. The highest BCUT2D eigenvalue weighted by molar-refractivity contribution is 7.13. The van der Waals surface area contributed by atoms with Crippen LogP contribution < -0.4 is 4.90 Å². The molecule has 0 amide bonds. The highest BCUT2D eigenvalue weighted by Crippen LogP contribution is 2.33. The molecule has 2 unspecified atom stereocenters. The van der Waals surface area contributed by atoms with E-state index in [1.165, 1.54) is 26.2 Å². The Balaban J connectivity index is 1.73. The molecule has 0 saturated carbocycles. The monoisotopic (exact) mass is 210 g/mol. The summed E-state index contributed by atoms with van der Waals surface area (Å²) in [4.78, 5) is 4.83. The topological polar surface area (TPSA) is 32.3 Å². The minimum Gasteiger partial charge on any atom is -0.346 e. The van der Waals surface area contributed by atoms with Gasteiger partial charge in [-0.15, -0.1) is 10.2 Å². The van der Waals surface area contributed by atoms with Gasteiger partial charge in [0.15, 0.2) is 0 Å². The van der Waals surface area contributed by atoms with E-state index in [1.807, 2.05) is 5.51 Å². The molecule has 0 aliphatic carbocycles. The molecule has 76 valence electrons. The third-order valence-corrected chi connectivity index (χ3v) is 4.04. The van der Waals surface area contributed by atoms with Crippen LogP contribution in [0.1, 0.15) is 0 Å². The molecule has 2 atom stereocenters. The lowest BCUT2D eigenvalue weighted by atomic mass is 10.0. The summed E-state index contributed by atoms with van der Waals surface area (Å²) >= 11 is 1.65. The number of likely N-dealkylation sites (tertiary alicyclic amines) is 1. The summed E-state index contributed by atoms with van der Waals surface area (Å²) in [6.45, 7) is 4.84. The number of rotatable bonds is 1. The van der Waals surface area contributed by atoms with Gasteiger partial charge in [0.25, 0.3) is 0 Å². The molecular weight excluding hydrogens is 196 g/mol. The van der Waals surface area contributed by atoms with Crippen LogP contribution in [0.25, 0.3) is 0 Å². The Hall–Kier alpha value is -0.680. The van der Waals surface area contributed by atoms with Crippen molar-refractivity contribution in [2.45, 2.75) is 0 Å². The first-order valence-corrected chi connectivity index (χ1v) is 5.90. The number of fused-ring (bicyclic) bond motifs is 1. The van der Waals surface area contributed by atoms with E-state index in [9.17, 15) is 0 Å². The standard InChI is InChI=1S/C9H14N4S/c1-12-2-7-4-13(5-8(7)3-12)9-11-10-6-14-9/h6-8H,2-5H2,1H3. The fourth-order valence-electron chi connectivity index (χ4n) is 2.69. The van der Waals surface area contributed by atoms with Crippen LogP contribution in [0.5, 0.6) is 0 Å². The van der Waals surface area contributed by atoms with Gasteiger partial charge in [0.2, 0.25) is 5.13 Å². The average Bonchev–Trinajstić information content (AvgIpc) is 2.74. The number of aromatic nitrogens is 2. The zero-order valence-corrected chi connectivity index (χ0v) is 9.07. The number of hydrogen-bond acceptors (Lipinski definition) is 5.